The van der Waals surface area contributed by atoms with Gasteiger partial charge in [0, 0.05) is 38.8 Å². The maximum Gasteiger partial charge on any atom is 0.272 e. The van der Waals surface area contributed by atoms with Gasteiger partial charge >= 0.3 is 0 Å². The number of carbonyl (C=O) groups excluding carboxylic acids is 2. The molecular formula is C24H30F3N5O2. The van der Waals surface area contributed by atoms with E-state index in [1.165, 1.54) is 7.05 Å². The molecule has 4 rings (SSSR count). The van der Waals surface area contributed by atoms with Gasteiger partial charge in [0.1, 0.15) is 17.7 Å². The van der Waals surface area contributed by atoms with Crippen LogP contribution in [-0.2, 0) is 17.9 Å². The van der Waals surface area contributed by atoms with Crippen molar-refractivity contribution in [3.8, 4) is 11.4 Å². The summed E-state index contributed by atoms with van der Waals surface area (Å²) in [6, 6.07) is 0.846. The van der Waals surface area contributed by atoms with E-state index in [1.54, 1.807) is 4.57 Å². The molecule has 2 aliphatic rings. The normalized spacial score (nSPS) is 17.6. The molecule has 2 aromatic rings. The Bertz CT molecular complexity index is 1120. The highest BCUT2D eigenvalue weighted by atomic mass is 19.2. The van der Waals surface area contributed by atoms with E-state index in [1.807, 2.05) is 20.8 Å². The second kappa shape index (κ2) is 9.05. The second-order valence-corrected chi connectivity index (χ2v) is 10.1. The minimum Gasteiger partial charge on any atom is -0.357 e. The van der Waals surface area contributed by atoms with Crippen LogP contribution in [0.2, 0.25) is 0 Å². The van der Waals surface area contributed by atoms with Gasteiger partial charge in [-0.05, 0) is 30.7 Å². The molecule has 2 amide bonds. The average molecular weight is 478 g/mol. The average Bonchev–Trinajstić information content (AvgIpc) is 3.58. The van der Waals surface area contributed by atoms with Crippen LogP contribution in [0.25, 0.3) is 11.4 Å². The Labute approximate surface area is 196 Å². The van der Waals surface area contributed by atoms with Gasteiger partial charge < -0.3 is 15.2 Å². The molecule has 2 N–H and O–H groups in total. The molecule has 1 aliphatic carbocycles. The summed E-state index contributed by atoms with van der Waals surface area (Å²) in [5, 5.41) is 5.35. The molecule has 0 saturated heterocycles. The highest BCUT2D eigenvalue weighted by Crippen LogP contribution is 2.34. The number of likely N-dealkylation sites (N-methyl/N-ethyl adjacent to an activating group) is 1. The van der Waals surface area contributed by atoms with Gasteiger partial charge in [-0.1, -0.05) is 20.8 Å². The van der Waals surface area contributed by atoms with Crippen molar-refractivity contribution < 1.29 is 22.8 Å². The summed E-state index contributed by atoms with van der Waals surface area (Å²) < 4.78 is 44.0. The first-order valence-electron chi connectivity index (χ1n) is 11.5. The van der Waals surface area contributed by atoms with Crippen LogP contribution in [0.15, 0.2) is 12.1 Å². The molecule has 184 valence electrons. The molecular weight excluding hydrogens is 447 g/mol. The van der Waals surface area contributed by atoms with Crippen molar-refractivity contribution in [2.75, 3.05) is 13.6 Å². The molecule has 7 nitrogen and oxygen atoms in total. The van der Waals surface area contributed by atoms with Gasteiger partial charge in [-0.3, -0.25) is 14.5 Å². The molecule has 10 heteroatoms. The molecule has 2 heterocycles. The lowest BCUT2D eigenvalue weighted by atomic mass is 9.86. The molecule has 1 aromatic carbocycles. The van der Waals surface area contributed by atoms with Crippen molar-refractivity contribution in [2.45, 2.75) is 65.2 Å². The van der Waals surface area contributed by atoms with E-state index in [0.29, 0.717) is 30.9 Å². The third kappa shape index (κ3) is 4.68. The van der Waals surface area contributed by atoms with E-state index in [0.717, 1.165) is 31.9 Å². The number of fused-ring (bicyclic) bond motifs is 1. The number of benzene rings is 1. The molecule has 0 bridgehead atoms. The Kier molecular flexibility index (Phi) is 6.46. The van der Waals surface area contributed by atoms with Crippen LogP contribution in [0.4, 0.5) is 13.2 Å². The van der Waals surface area contributed by atoms with Gasteiger partial charge in [-0.15, -0.1) is 0 Å². The third-order valence-corrected chi connectivity index (χ3v) is 6.43. The van der Waals surface area contributed by atoms with Gasteiger partial charge in [0.25, 0.3) is 5.91 Å². The fraction of sp³-hybridized carbons (Fsp3) is 0.542. The quantitative estimate of drug-likeness (QED) is 0.649. The van der Waals surface area contributed by atoms with Crippen LogP contribution >= 0.6 is 0 Å². The molecule has 0 radical (unpaired) electrons. The summed E-state index contributed by atoms with van der Waals surface area (Å²) in [6.07, 6.45) is 2.88. The number of rotatable bonds is 5. The Balaban J connectivity index is 1.80. The van der Waals surface area contributed by atoms with Crippen molar-refractivity contribution in [2.24, 2.45) is 5.41 Å². The molecule has 1 fully saturated rings. The molecule has 1 saturated carbocycles. The van der Waals surface area contributed by atoms with Gasteiger partial charge in [-0.2, -0.15) is 0 Å². The minimum atomic E-state index is -1.29. The fourth-order valence-electron chi connectivity index (χ4n) is 4.44. The summed E-state index contributed by atoms with van der Waals surface area (Å²) >= 11 is 0. The third-order valence-electron chi connectivity index (χ3n) is 6.43. The largest absolute Gasteiger partial charge is 0.357 e. The molecule has 1 aliphatic heterocycles. The summed E-state index contributed by atoms with van der Waals surface area (Å²) in [5.74, 6) is -4.29. The van der Waals surface area contributed by atoms with Crippen LogP contribution in [0.5, 0.6) is 0 Å². The smallest absolute Gasteiger partial charge is 0.272 e. The monoisotopic (exact) mass is 477 g/mol. The Morgan fingerprint density at radius 3 is 2.38 bits per heavy atom. The Hall–Kier alpha value is -2.88. The van der Waals surface area contributed by atoms with Crippen LogP contribution in [0.1, 0.15) is 56.2 Å². The van der Waals surface area contributed by atoms with E-state index in [-0.39, 0.29) is 23.0 Å². The number of carbonyl (C=O) groups is 2. The van der Waals surface area contributed by atoms with Crippen LogP contribution < -0.4 is 10.6 Å². The number of aromatic nitrogens is 2. The first-order chi connectivity index (χ1) is 16.0. The highest BCUT2D eigenvalue weighted by molar-refractivity contribution is 5.97. The number of nitrogens with zero attached hydrogens (tertiary/aromatic N) is 3. The Morgan fingerprint density at radius 2 is 1.76 bits per heavy atom. The lowest BCUT2D eigenvalue weighted by Gasteiger charge is -2.29. The van der Waals surface area contributed by atoms with Crippen molar-refractivity contribution in [3.63, 3.8) is 0 Å². The van der Waals surface area contributed by atoms with Gasteiger partial charge in [0.2, 0.25) is 5.91 Å². The number of imidazole rings is 1. The van der Waals surface area contributed by atoms with E-state index in [2.05, 4.69) is 20.5 Å². The standard InChI is InChI=1S/C24H30F3N5O2/c1-24(2,3)20(23(34)28-4)30-22(33)19-18-12-31(13-6-7-13)8-5-9-32(18)21(29-19)14-10-16(26)17(27)11-15(14)25/h10-11,13,20H,5-9,12H2,1-4H3,(H,28,34)(H,30,33). The van der Waals surface area contributed by atoms with Gasteiger partial charge in [0.05, 0.1) is 11.3 Å². The maximum absolute atomic E-state index is 14.7. The van der Waals surface area contributed by atoms with E-state index in [9.17, 15) is 22.8 Å². The maximum atomic E-state index is 14.7. The van der Waals surface area contributed by atoms with Gasteiger partial charge in [0.15, 0.2) is 17.3 Å². The topological polar surface area (TPSA) is 79.3 Å². The number of hydrogen-bond acceptors (Lipinski definition) is 4. The highest BCUT2D eigenvalue weighted by Gasteiger charge is 2.37. The lowest BCUT2D eigenvalue weighted by molar-refractivity contribution is -0.124. The zero-order valence-electron chi connectivity index (χ0n) is 19.8. The summed E-state index contributed by atoms with van der Waals surface area (Å²) in [4.78, 5) is 32.6. The van der Waals surface area contributed by atoms with Crippen molar-refractivity contribution in [3.05, 3.63) is 41.0 Å². The van der Waals surface area contributed by atoms with Gasteiger partial charge in [-0.25, -0.2) is 18.2 Å². The summed E-state index contributed by atoms with van der Waals surface area (Å²) in [7, 11) is 1.49. The fourth-order valence-corrected chi connectivity index (χ4v) is 4.44. The van der Waals surface area contributed by atoms with E-state index < -0.39 is 34.8 Å². The van der Waals surface area contributed by atoms with Crippen LogP contribution in [0, 0.1) is 22.9 Å². The zero-order chi connectivity index (χ0) is 24.8. The van der Waals surface area contributed by atoms with E-state index >= 15 is 0 Å². The van der Waals surface area contributed by atoms with Crippen molar-refractivity contribution in [1.29, 1.82) is 0 Å². The second-order valence-electron chi connectivity index (χ2n) is 10.1. The number of halogens is 3. The zero-order valence-corrected chi connectivity index (χ0v) is 19.8. The Morgan fingerprint density at radius 1 is 1.09 bits per heavy atom. The molecule has 1 aromatic heterocycles. The van der Waals surface area contributed by atoms with Crippen LogP contribution in [0.3, 0.4) is 0 Å². The van der Waals surface area contributed by atoms with Crippen LogP contribution in [-0.4, -0.2) is 51.9 Å². The number of nitrogens with one attached hydrogen (secondary N) is 2. The summed E-state index contributed by atoms with van der Waals surface area (Å²) in [5.41, 5.74) is -0.158. The molecule has 1 unspecified atom stereocenters. The predicted molar refractivity (Wildman–Crippen MR) is 120 cm³/mol. The summed E-state index contributed by atoms with van der Waals surface area (Å²) in [6.45, 7) is 7.17. The molecule has 1 atom stereocenters. The molecule has 0 spiro atoms. The molecule has 34 heavy (non-hydrogen) atoms. The first-order valence-corrected chi connectivity index (χ1v) is 11.5. The van der Waals surface area contributed by atoms with Crippen molar-refractivity contribution in [1.82, 2.24) is 25.1 Å². The SMILES string of the molecule is CNC(=O)C(NC(=O)c1nc(-c2cc(F)c(F)cc2F)n2c1CN(C1CC1)CCC2)C(C)(C)C. The number of hydrogen-bond donors (Lipinski definition) is 2. The lowest BCUT2D eigenvalue weighted by Crippen LogP contribution is -2.53. The predicted octanol–water partition coefficient (Wildman–Crippen LogP) is 3.23. The first kappa shape index (κ1) is 24.3. The van der Waals surface area contributed by atoms with Crippen molar-refractivity contribution >= 4 is 11.8 Å². The number of amides is 2. The minimum absolute atomic E-state index is 0.0600. The van der Waals surface area contributed by atoms with E-state index in [4.69, 9.17) is 0 Å².